The number of nitrogens with one attached hydrogen (secondary N) is 1. The maximum atomic E-state index is 12.1. The van der Waals surface area contributed by atoms with Gasteiger partial charge >= 0.3 is 0 Å². The van der Waals surface area contributed by atoms with Crippen LogP contribution in [0.2, 0.25) is 5.02 Å². The molecule has 1 aromatic heterocycles. The fourth-order valence-electron chi connectivity index (χ4n) is 2.78. The van der Waals surface area contributed by atoms with Gasteiger partial charge in [-0.2, -0.15) is 0 Å². The Morgan fingerprint density at radius 3 is 2.58 bits per heavy atom. The normalized spacial score (nSPS) is 15.5. The number of amides is 1. The van der Waals surface area contributed by atoms with Gasteiger partial charge in [0, 0.05) is 31.9 Å². The Kier molecular flexibility index (Phi) is 5.48. The number of piperazine rings is 1. The van der Waals surface area contributed by atoms with Crippen LogP contribution in [-0.2, 0) is 0 Å². The molecule has 2 heterocycles. The lowest BCUT2D eigenvalue weighted by Gasteiger charge is -2.36. The molecule has 0 atom stereocenters. The summed E-state index contributed by atoms with van der Waals surface area (Å²) in [5, 5.41) is 3.43. The molecule has 128 valence electrons. The van der Waals surface area contributed by atoms with Crippen LogP contribution in [0.25, 0.3) is 0 Å². The van der Waals surface area contributed by atoms with Crippen LogP contribution >= 0.6 is 27.5 Å². The standard InChI is InChI=1S/C17H19BrClN3O2/c1-2-21-7-9-22(10-8-21)14-4-3-12(11-13(14)19)20-17(23)15-5-6-16(18)24-15/h3-6,11H,2,7-10H2,1H3,(H,20,23). The van der Waals surface area contributed by atoms with Gasteiger partial charge in [-0.15, -0.1) is 0 Å². The Hall–Kier alpha value is -1.50. The molecule has 0 radical (unpaired) electrons. The minimum Gasteiger partial charge on any atom is -0.444 e. The summed E-state index contributed by atoms with van der Waals surface area (Å²) in [6.07, 6.45) is 0. The zero-order valence-electron chi connectivity index (χ0n) is 13.4. The molecule has 24 heavy (non-hydrogen) atoms. The van der Waals surface area contributed by atoms with Crippen molar-refractivity contribution in [3.8, 4) is 0 Å². The molecule has 1 N–H and O–H groups in total. The molecular weight excluding hydrogens is 394 g/mol. The summed E-state index contributed by atoms with van der Waals surface area (Å²) in [7, 11) is 0. The van der Waals surface area contributed by atoms with Crippen LogP contribution in [0.5, 0.6) is 0 Å². The molecule has 0 spiro atoms. The Morgan fingerprint density at radius 1 is 1.25 bits per heavy atom. The first kappa shape index (κ1) is 17.3. The monoisotopic (exact) mass is 411 g/mol. The maximum absolute atomic E-state index is 12.1. The van der Waals surface area contributed by atoms with E-state index < -0.39 is 0 Å². The lowest BCUT2D eigenvalue weighted by atomic mass is 10.2. The molecule has 3 rings (SSSR count). The molecule has 1 aliphatic heterocycles. The second kappa shape index (κ2) is 7.59. The zero-order chi connectivity index (χ0) is 17.1. The topological polar surface area (TPSA) is 48.7 Å². The van der Waals surface area contributed by atoms with E-state index in [4.69, 9.17) is 16.0 Å². The van der Waals surface area contributed by atoms with Crippen molar-refractivity contribution in [3.63, 3.8) is 0 Å². The molecular formula is C17H19BrClN3O2. The first-order valence-corrected chi connectivity index (χ1v) is 9.07. The third-order valence-electron chi connectivity index (χ3n) is 4.16. The van der Waals surface area contributed by atoms with Crippen molar-refractivity contribution in [2.75, 3.05) is 42.9 Å². The van der Waals surface area contributed by atoms with Crippen LogP contribution in [0.4, 0.5) is 11.4 Å². The molecule has 1 aliphatic rings. The van der Waals surface area contributed by atoms with Gasteiger partial charge < -0.3 is 19.5 Å². The van der Waals surface area contributed by atoms with Gasteiger partial charge in [-0.3, -0.25) is 4.79 Å². The number of anilines is 2. The molecule has 1 fully saturated rings. The van der Waals surface area contributed by atoms with Crippen LogP contribution in [-0.4, -0.2) is 43.5 Å². The number of benzene rings is 1. The molecule has 0 saturated carbocycles. The Balaban J connectivity index is 1.67. The first-order valence-electron chi connectivity index (χ1n) is 7.90. The largest absolute Gasteiger partial charge is 0.444 e. The molecule has 1 amide bonds. The van der Waals surface area contributed by atoms with E-state index >= 15 is 0 Å². The lowest BCUT2D eigenvalue weighted by molar-refractivity contribution is 0.0995. The van der Waals surface area contributed by atoms with Crippen LogP contribution < -0.4 is 10.2 Å². The minimum atomic E-state index is -0.305. The highest BCUT2D eigenvalue weighted by molar-refractivity contribution is 9.10. The number of nitrogens with zero attached hydrogens (tertiary/aromatic N) is 2. The fourth-order valence-corrected chi connectivity index (χ4v) is 3.38. The number of carbonyl (C=O) groups excluding carboxylic acids is 1. The van der Waals surface area contributed by atoms with Crippen LogP contribution in [0, 0.1) is 0 Å². The molecule has 0 unspecified atom stereocenters. The van der Waals surface area contributed by atoms with Crippen molar-refractivity contribution >= 4 is 44.8 Å². The van der Waals surface area contributed by atoms with Crippen molar-refractivity contribution < 1.29 is 9.21 Å². The first-order chi connectivity index (χ1) is 11.6. The highest BCUT2D eigenvalue weighted by Crippen LogP contribution is 2.30. The minimum absolute atomic E-state index is 0.248. The van der Waals surface area contributed by atoms with Gasteiger partial charge in [0.25, 0.3) is 5.91 Å². The highest BCUT2D eigenvalue weighted by Gasteiger charge is 2.18. The van der Waals surface area contributed by atoms with Gasteiger partial charge in [-0.1, -0.05) is 18.5 Å². The predicted molar refractivity (Wildman–Crippen MR) is 100 cm³/mol. The molecule has 5 nitrogen and oxygen atoms in total. The number of rotatable bonds is 4. The summed E-state index contributed by atoms with van der Waals surface area (Å²) in [6.45, 7) is 7.25. The summed E-state index contributed by atoms with van der Waals surface area (Å²) < 4.78 is 5.77. The second-order valence-corrected chi connectivity index (χ2v) is 6.83. The average molecular weight is 413 g/mol. The molecule has 0 aliphatic carbocycles. The van der Waals surface area contributed by atoms with E-state index in [-0.39, 0.29) is 11.7 Å². The van der Waals surface area contributed by atoms with E-state index in [1.165, 1.54) is 0 Å². The van der Waals surface area contributed by atoms with Crippen molar-refractivity contribution in [1.29, 1.82) is 0 Å². The second-order valence-electron chi connectivity index (χ2n) is 5.65. The zero-order valence-corrected chi connectivity index (χ0v) is 15.7. The maximum Gasteiger partial charge on any atom is 0.291 e. The fraction of sp³-hybridized carbons (Fsp3) is 0.353. The van der Waals surface area contributed by atoms with Crippen LogP contribution in [0.15, 0.2) is 39.4 Å². The Labute approximate surface area is 154 Å². The van der Waals surface area contributed by atoms with Crippen molar-refractivity contribution in [1.82, 2.24) is 4.90 Å². The summed E-state index contributed by atoms with van der Waals surface area (Å²) >= 11 is 9.61. The summed E-state index contributed by atoms with van der Waals surface area (Å²) in [5.41, 5.74) is 1.65. The van der Waals surface area contributed by atoms with Crippen LogP contribution in [0.3, 0.4) is 0 Å². The molecule has 1 saturated heterocycles. The van der Waals surface area contributed by atoms with Crippen LogP contribution in [0.1, 0.15) is 17.5 Å². The molecule has 1 aromatic carbocycles. The third-order valence-corrected chi connectivity index (χ3v) is 4.89. The predicted octanol–water partition coefficient (Wildman–Crippen LogP) is 4.09. The number of furan rings is 1. The van der Waals surface area contributed by atoms with Gasteiger partial charge in [0.05, 0.1) is 10.7 Å². The van der Waals surface area contributed by atoms with Crippen molar-refractivity contribution in [2.45, 2.75) is 6.92 Å². The van der Waals surface area contributed by atoms with E-state index in [1.54, 1.807) is 18.2 Å². The summed E-state index contributed by atoms with van der Waals surface area (Å²) in [6, 6.07) is 8.89. The van der Waals surface area contributed by atoms with E-state index in [0.29, 0.717) is 15.4 Å². The van der Waals surface area contributed by atoms with Gasteiger partial charge in [-0.05, 0) is 52.8 Å². The van der Waals surface area contributed by atoms with Crippen molar-refractivity contribution in [3.05, 3.63) is 45.8 Å². The smallest absolute Gasteiger partial charge is 0.291 e. The molecule has 0 bridgehead atoms. The lowest BCUT2D eigenvalue weighted by Crippen LogP contribution is -2.46. The van der Waals surface area contributed by atoms with Gasteiger partial charge in [0.2, 0.25) is 0 Å². The summed E-state index contributed by atoms with van der Waals surface area (Å²) in [5.74, 6) is -0.0566. The van der Waals surface area contributed by atoms with E-state index in [0.717, 1.165) is 38.4 Å². The van der Waals surface area contributed by atoms with Gasteiger partial charge in [0.1, 0.15) is 0 Å². The van der Waals surface area contributed by atoms with Gasteiger partial charge in [0.15, 0.2) is 10.4 Å². The average Bonchev–Trinajstić information content (AvgIpc) is 3.02. The van der Waals surface area contributed by atoms with E-state index in [1.807, 2.05) is 12.1 Å². The quantitative estimate of drug-likeness (QED) is 0.822. The van der Waals surface area contributed by atoms with E-state index in [9.17, 15) is 4.79 Å². The molecule has 7 heteroatoms. The SMILES string of the molecule is CCN1CCN(c2ccc(NC(=O)c3ccc(Br)o3)cc2Cl)CC1. The number of carbonyl (C=O) groups is 1. The Morgan fingerprint density at radius 2 is 2.00 bits per heavy atom. The summed E-state index contributed by atoms with van der Waals surface area (Å²) in [4.78, 5) is 16.8. The number of hydrogen-bond donors (Lipinski definition) is 1. The number of hydrogen-bond acceptors (Lipinski definition) is 4. The third kappa shape index (κ3) is 3.94. The highest BCUT2D eigenvalue weighted by atomic mass is 79.9. The number of halogens is 2. The van der Waals surface area contributed by atoms with E-state index in [2.05, 4.69) is 38.0 Å². The van der Waals surface area contributed by atoms with Crippen molar-refractivity contribution in [2.24, 2.45) is 0 Å². The Bertz CT molecular complexity index is 726. The number of likely N-dealkylation sites (N-methyl/N-ethyl adjacent to an activating group) is 1. The molecule has 2 aromatic rings. The van der Waals surface area contributed by atoms with Gasteiger partial charge in [-0.25, -0.2) is 0 Å².